The maximum atomic E-state index is 11.4. The first kappa shape index (κ1) is 46.0. The Morgan fingerprint density at radius 1 is 0.711 bits per heavy atom. The SMILES string of the molecule is CC.CC.CC(=O)N1CCC1.I[I-]I.O=C(OC1CCCCC1)N1CCC1.OC1CCCCC1.[B]C.[B]C. The largest absolute Gasteiger partial charge is 0.446 e. The van der Waals surface area contributed by atoms with Gasteiger partial charge in [0.25, 0.3) is 0 Å². The van der Waals surface area contributed by atoms with Gasteiger partial charge in [0.1, 0.15) is 6.10 Å². The first-order valence-corrected chi connectivity index (χ1v) is 27.0. The summed E-state index contributed by atoms with van der Waals surface area (Å²) >= 11 is 5.30. The number of carbonyl (C=O) groups excluding carboxylic acids is 2. The fourth-order valence-corrected chi connectivity index (χ4v) is 3.61. The van der Waals surface area contributed by atoms with E-state index in [1.54, 1.807) is 11.8 Å². The number of nitrogens with zero attached hydrogens (tertiary/aromatic N) is 2. The molecule has 4 aliphatic rings. The third-order valence-electron chi connectivity index (χ3n) is 5.81. The van der Waals surface area contributed by atoms with Gasteiger partial charge in [0.15, 0.2) is 0 Å². The van der Waals surface area contributed by atoms with E-state index in [0.29, 0.717) is 13.3 Å². The number of aliphatic hydroxyl groups excluding tert-OH is 1. The molecule has 0 unspecified atom stereocenters. The molecule has 2 aliphatic carbocycles. The summed E-state index contributed by atoms with van der Waals surface area (Å²) in [5.41, 5.74) is 0. The Hall–Kier alpha value is 1.02. The molecule has 4 rings (SSSR count). The number of halogens is 3. The van der Waals surface area contributed by atoms with Crippen molar-refractivity contribution >= 4 is 64.9 Å². The monoisotopic (exact) mass is 875 g/mol. The summed E-state index contributed by atoms with van der Waals surface area (Å²) in [7, 11) is 9.00. The zero-order chi connectivity index (χ0) is 30.2. The summed E-state index contributed by atoms with van der Waals surface area (Å²) in [6.45, 7) is 16.4. The Morgan fingerprint density at radius 2 is 1.05 bits per heavy atom. The molecule has 2 heterocycles. The molecule has 0 aromatic heterocycles. The van der Waals surface area contributed by atoms with Crippen molar-refractivity contribution in [3.8, 4) is 0 Å². The number of aliphatic hydroxyl groups is 1. The molecule has 11 heteroatoms. The van der Waals surface area contributed by atoms with E-state index in [2.05, 4.69) is 52.9 Å². The van der Waals surface area contributed by atoms with E-state index in [1.165, 1.54) is 58.6 Å². The number of hydrogen-bond donors (Lipinski definition) is 1. The molecule has 0 atom stereocenters. The van der Waals surface area contributed by atoms with Gasteiger partial charge in [0, 0.05) is 33.1 Å². The molecule has 6 nitrogen and oxygen atoms in total. The first-order chi connectivity index (χ1) is 18.5. The van der Waals surface area contributed by atoms with Gasteiger partial charge in [0.05, 0.1) is 21.8 Å². The minimum Gasteiger partial charge on any atom is -0.446 e. The van der Waals surface area contributed by atoms with Crippen LogP contribution in [-0.2, 0) is 9.53 Å². The van der Waals surface area contributed by atoms with Gasteiger partial charge >= 0.3 is 56.6 Å². The molecule has 2 aliphatic heterocycles. The first-order valence-electron chi connectivity index (χ1n) is 14.4. The topological polar surface area (TPSA) is 70.1 Å². The van der Waals surface area contributed by atoms with Crippen LogP contribution in [0.2, 0.25) is 13.6 Å². The number of ether oxygens (including phenoxy) is 1. The standard InChI is InChI=1S/C10H17NO2.C6H12O.C5H9NO.2C2H6.2CH3B.I3/c12-10(11-7-4-8-11)13-9-5-2-1-3-6-9;7-6-4-2-1-3-5-6;1-5(7)6-3-2-4-6;4*1-2;1-3-2/h9H,1-8H2;6-7H,1-5H2;2-4H2,1H3;2*1-2H3;2*1H3;/q;;;;;;;-1. The number of carbonyl (C=O) groups is 2. The zero-order valence-corrected chi connectivity index (χ0v) is 31.8. The van der Waals surface area contributed by atoms with Crippen LogP contribution in [0.15, 0.2) is 0 Å². The Morgan fingerprint density at radius 3 is 1.26 bits per heavy atom. The second kappa shape index (κ2) is 38.0. The van der Waals surface area contributed by atoms with Gasteiger partial charge in [-0.3, -0.25) is 4.79 Å². The molecule has 226 valence electrons. The molecule has 0 bridgehead atoms. The van der Waals surface area contributed by atoms with Crippen molar-refractivity contribution in [3.63, 3.8) is 0 Å². The molecular weight excluding hydrogens is 819 g/mol. The van der Waals surface area contributed by atoms with Gasteiger partial charge < -0.3 is 19.6 Å². The van der Waals surface area contributed by atoms with Crippen molar-refractivity contribution < 1.29 is 32.7 Å². The van der Waals surface area contributed by atoms with E-state index in [1.807, 2.05) is 32.6 Å². The normalized spacial score (nSPS) is 17.4. The molecule has 0 spiro atoms. The van der Waals surface area contributed by atoms with E-state index < -0.39 is 0 Å². The van der Waals surface area contributed by atoms with Crippen LogP contribution in [0.5, 0.6) is 0 Å². The van der Waals surface area contributed by atoms with Crippen LogP contribution < -0.4 is 13.3 Å². The summed E-state index contributed by atoms with van der Waals surface area (Å²) in [5, 5.41) is 8.91. The summed E-state index contributed by atoms with van der Waals surface area (Å²) in [4.78, 5) is 25.4. The van der Waals surface area contributed by atoms with Crippen molar-refractivity contribution in [2.45, 2.75) is 138 Å². The smallest absolute Gasteiger partial charge is 0.410 e. The molecule has 1 N–H and O–H groups in total. The van der Waals surface area contributed by atoms with Gasteiger partial charge in [0.2, 0.25) is 5.91 Å². The number of hydrogen-bond acceptors (Lipinski definition) is 4. The average Bonchev–Trinajstić information content (AvgIpc) is 2.89. The van der Waals surface area contributed by atoms with E-state index in [0.717, 1.165) is 58.3 Å². The van der Waals surface area contributed by atoms with Crippen molar-refractivity contribution in [1.29, 1.82) is 0 Å². The summed E-state index contributed by atoms with van der Waals surface area (Å²) < 4.78 is 5.38. The van der Waals surface area contributed by atoms with Crippen molar-refractivity contribution in [2.75, 3.05) is 26.2 Å². The summed E-state index contributed by atoms with van der Waals surface area (Å²) in [5.74, 6) is 0.214. The number of rotatable bonds is 1. The molecule has 2 saturated heterocycles. The molecular formula is C27H56B2I3N2O4-. The number of amides is 2. The van der Waals surface area contributed by atoms with Crippen molar-refractivity contribution in [2.24, 2.45) is 0 Å². The van der Waals surface area contributed by atoms with Gasteiger partial charge in [-0.1, -0.05) is 67.0 Å². The van der Waals surface area contributed by atoms with Gasteiger partial charge in [-0.2, -0.15) is 0 Å². The Bertz CT molecular complexity index is 479. The third kappa shape index (κ3) is 28.5. The van der Waals surface area contributed by atoms with E-state index in [9.17, 15) is 9.59 Å². The predicted molar refractivity (Wildman–Crippen MR) is 179 cm³/mol. The molecule has 4 radical (unpaired) electrons. The Labute approximate surface area is 268 Å². The van der Waals surface area contributed by atoms with Crippen LogP contribution in [0.1, 0.15) is 112 Å². The minimum absolute atomic E-state index is 0.0359. The van der Waals surface area contributed by atoms with E-state index in [-0.39, 0.29) is 24.2 Å². The summed E-state index contributed by atoms with van der Waals surface area (Å²) in [6.07, 6.45) is 14.3. The number of likely N-dealkylation sites (tertiary alicyclic amines) is 2. The summed E-state index contributed by atoms with van der Waals surface area (Å²) in [6, 6.07) is 0. The van der Waals surface area contributed by atoms with E-state index >= 15 is 0 Å². The maximum Gasteiger partial charge on any atom is 0.410 e. The fraction of sp³-hybridized carbons (Fsp3) is 0.926. The maximum absolute atomic E-state index is 11.4. The molecule has 38 heavy (non-hydrogen) atoms. The quantitative estimate of drug-likeness (QED) is 0.300. The molecule has 2 saturated carbocycles. The van der Waals surface area contributed by atoms with Crippen LogP contribution in [-0.4, -0.2) is 81.0 Å². The second-order valence-corrected chi connectivity index (χ2v) is 24.4. The van der Waals surface area contributed by atoms with Crippen molar-refractivity contribution in [3.05, 3.63) is 0 Å². The predicted octanol–water partition coefficient (Wildman–Crippen LogP) is 4.95. The van der Waals surface area contributed by atoms with Crippen LogP contribution in [0.4, 0.5) is 4.79 Å². The van der Waals surface area contributed by atoms with Crippen LogP contribution in [0.25, 0.3) is 0 Å². The van der Waals surface area contributed by atoms with Gasteiger partial charge in [-0.15, -0.1) is 0 Å². The Balaban J connectivity index is -0.000000201. The molecule has 2 amide bonds. The van der Waals surface area contributed by atoms with Gasteiger partial charge in [-0.05, 0) is 51.4 Å². The third-order valence-corrected chi connectivity index (χ3v) is 5.81. The van der Waals surface area contributed by atoms with Crippen LogP contribution in [0.3, 0.4) is 0 Å². The minimum atomic E-state index is -0.0850. The van der Waals surface area contributed by atoms with Crippen molar-refractivity contribution in [1.82, 2.24) is 9.80 Å². The second-order valence-electron chi connectivity index (χ2n) is 8.19. The molecule has 0 aromatic rings. The molecule has 0 aromatic carbocycles. The molecule has 4 fully saturated rings. The van der Waals surface area contributed by atoms with E-state index in [4.69, 9.17) is 9.84 Å². The van der Waals surface area contributed by atoms with Crippen LogP contribution >= 0.6 is 37.2 Å². The Kier molecular flexibility index (Phi) is 46.0. The van der Waals surface area contributed by atoms with Crippen LogP contribution in [0, 0.1) is 0 Å². The fourth-order valence-electron chi connectivity index (χ4n) is 3.61. The van der Waals surface area contributed by atoms with Gasteiger partial charge in [-0.25, -0.2) is 4.79 Å². The zero-order valence-electron chi connectivity index (χ0n) is 25.3. The average molecular weight is 875 g/mol.